The Bertz CT molecular complexity index is 508. The van der Waals surface area contributed by atoms with Gasteiger partial charge in [0.25, 0.3) is 0 Å². The zero-order valence-corrected chi connectivity index (χ0v) is 10.1. The van der Waals surface area contributed by atoms with E-state index in [4.69, 9.17) is 4.74 Å². The summed E-state index contributed by atoms with van der Waals surface area (Å²) in [6.45, 7) is 2.49. The van der Waals surface area contributed by atoms with Gasteiger partial charge in [0.05, 0.1) is 19.3 Å². The summed E-state index contributed by atoms with van der Waals surface area (Å²) in [5.41, 5.74) is 1.80. The van der Waals surface area contributed by atoms with Crippen LogP contribution in [0, 0.1) is 6.92 Å². The molecule has 0 aliphatic rings. The average molecular weight is 233 g/mol. The molecule has 0 aromatic carbocycles. The molecule has 90 valence electrons. The molecule has 0 unspecified atom stereocenters. The van der Waals surface area contributed by atoms with Crippen molar-refractivity contribution in [1.82, 2.24) is 19.7 Å². The van der Waals surface area contributed by atoms with Crippen LogP contribution in [0.2, 0.25) is 0 Å². The fraction of sp³-hybridized carbons (Fsp3) is 0.364. The topological polar surface area (TPSA) is 64.9 Å². The lowest BCUT2D eigenvalue weighted by atomic mass is 10.4. The molecule has 2 rings (SSSR count). The molecule has 0 spiro atoms. The zero-order valence-electron chi connectivity index (χ0n) is 10.1. The van der Waals surface area contributed by atoms with Gasteiger partial charge in [-0.25, -0.2) is 4.98 Å². The van der Waals surface area contributed by atoms with E-state index in [1.807, 2.05) is 26.2 Å². The van der Waals surface area contributed by atoms with Gasteiger partial charge in [-0.1, -0.05) is 0 Å². The van der Waals surface area contributed by atoms with E-state index >= 15 is 0 Å². The molecule has 0 saturated heterocycles. The Labute approximate surface area is 99.7 Å². The molecular weight excluding hydrogens is 218 g/mol. The van der Waals surface area contributed by atoms with Gasteiger partial charge in [0, 0.05) is 25.0 Å². The van der Waals surface area contributed by atoms with Crippen LogP contribution in [0.25, 0.3) is 0 Å². The lowest BCUT2D eigenvalue weighted by molar-refractivity contribution is 0.397. The minimum Gasteiger partial charge on any atom is -0.481 e. The standard InChI is InChI=1S/C11H15N5O/c1-8-6-10(17-3)14-11(13-8)12-7-9-4-5-16(2)15-9/h4-6H,7H2,1-3H3,(H,12,13,14). The van der Waals surface area contributed by atoms with Gasteiger partial charge < -0.3 is 10.1 Å². The number of hydrogen-bond acceptors (Lipinski definition) is 5. The van der Waals surface area contributed by atoms with Crippen molar-refractivity contribution in [2.75, 3.05) is 12.4 Å². The van der Waals surface area contributed by atoms with Crippen molar-refractivity contribution < 1.29 is 4.74 Å². The lowest BCUT2D eigenvalue weighted by Gasteiger charge is -2.05. The molecule has 1 N–H and O–H groups in total. The first-order chi connectivity index (χ1) is 8.17. The van der Waals surface area contributed by atoms with Crippen LogP contribution in [0.1, 0.15) is 11.4 Å². The fourth-order valence-electron chi connectivity index (χ4n) is 1.45. The maximum atomic E-state index is 5.08. The van der Waals surface area contributed by atoms with Crippen molar-refractivity contribution in [2.45, 2.75) is 13.5 Å². The highest BCUT2D eigenvalue weighted by Crippen LogP contribution is 2.11. The zero-order chi connectivity index (χ0) is 12.3. The summed E-state index contributed by atoms with van der Waals surface area (Å²) in [4.78, 5) is 8.46. The van der Waals surface area contributed by atoms with Crippen molar-refractivity contribution in [2.24, 2.45) is 7.05 Å². The van der Waals surface area contributed by atoms with E-state index in [0.717, 1.165) is 11.4 Å². The summed E-state index contributed by atoms with van der Waals surface area (Å²) in [7, 11) is 3.47. The van der Waals surface area contributed by atoms with Gasteiger partial charge >= 0.3 is 0 Å². The monoisotopic (exact) mass is 233 g/mol. The Morgan fingerprint density at radius 3 is 2.88 bits per heavy atom. The van der Waals surface area contributed by atoms with Crippen molar-refractivity contribution in [3.63, 3.8) is 0 Å². The molecule has 17 heavy (non-hydrogen) atoms. The molecule has 6 nitrogen and oxygen atoms in total. The normalized spacial score (nSPS) is 10.3. The summed E-state index contributed by atoms with van der Waals surface area (Å²) in [6.07, 6.45) is 1.90. The van der Waals surface area contributed by atoms with Crippen LogP contribution in [-0.4, -0.2) is 26.9 Å². The van der Waals surface area contributed by atoms with Crippen molar-refractivity contribution >= 4 is 5.95 Å². The smallest absolute Gasteiger partial charge is 0.226 e. The van der Waals surface area contributed by atoms with Crippen LogP contribution in [0.4, 0.5) is 5.95 Å². The van der Waals surface area contributed by atoms with Crippen LogP contribution in [0.3, 0.4) is 0 Å². The second-order valence-electron chi connectivity index (χ2n) is 3.71. The maximum Gasteiger partial charge on any atom is 0.226 e. The van der Waals surface area contributed by atoms with E-state index in [1.54, 1.807) is 17.9 Å². The molecule has 2 aromatic heterocycles. The third kappa shape index (κ3) is 2.93. The van der Waals surface area contributed by atoms with E-state index in [9.17, 15) is 0 Å². The molecule has 2 aromatic rings. The first kappa shape index (κ1) is 11.4. The number of aryl methyl sites for hydroxylation is 2. The number of anilines is 1. The molecule has 0 bridgehead atoms. The highest BCUT2D eigenvalue weighted by atomic mass is 16.5. The van der Waals surface area contributed by atoms with Gasteiger partial charge in [0.1, 0.15) is 0 Å². The fourth-order valence-corrected chi connectivity index (χ4v) is 1.45. The molecule has 0 aliphatic carbocycles. The van der Waals surface area contributed by atoms with Gasteiger partial charge in [-0.2, -0.15) is 10.1 Å². The molecule has 0 fully saturated rings. The van der Waals surface area contributed by atoms with Gasteiger partial charge in [-0.15, -0.1) is 0 Å². The average Bonchev–Trinajstić information content (AvgIpc) is 2.72. The SMILES string of the molecule is COc1cc(C)nc(NCc2ccn(C)n2)n1. The quantitative estimate of drug-likeness (QED) is 0.857. The first-order valence-corrected chi connectivity index (χ1v) is 5.29. The molecule has 0 atom stereocenters. The minimum absolute atomic E-state index is 0.549. The third-order valence-electron chi connectivity index (χ3n) is 2.24. The number of hydrogen-bond donors (Lipinski definition) is 1. The number of nitrogens with zero attached hydrogens (tertiary/aromatic N) is 4. The summed E-state index contributed by atoms with van der Waals surface area (Å²) in [6, 6.07) is 3.73. The molecule has 0 amide bonds. The number of ether oxygens (including phenoxy) is 1. The third-order valence-corrected chi connectivity index (χ3v) is 2.24. The van der Waals surface area contributed by atoms with E-state index < -0.39 is 0 Å². The first-order valence-electron chi connectivity index (χ1n) is 5.29. The Morgan fingerprint density at radius 2 is 2.24 bits per heavy atom. The van der Waals surface area contributed by atoms with Crippen LogP contribution in [-0.2, 0) is 13.6 Å². The van der Waals surface area contributed by atoms with Gasteiger partial charge in [0.15, 0.2) is 0 Å². The predicted molar refractivity (Wildman–Crippen MR) is 63.9 cm³/mol. The predicted octanol–water partition coefficient (Wildman–Crippen LogP) is 1.14. The number of nitrogens with one attached hydrogen (secondary N) is 1. The highest BCUT2D eigenvalue weighted by molar-refractivity contribution is 5.31. The minimum atomic E-state index is 0.549. The summed E-state index contributed by atoms with van der Waals surface area (Å²) in [5.74, 6) is 1.11. The largest absolute Gasteiger partial charge is 0.481 e. The van der Waals surface area contributed by atoms with Crippen LogP contribution >= 0.6 is 0 Å². The molecule has 2 heterocycles. The van der Waals surface area contributed by atoms with Crippen molar-refractivity contribution in [3.8, 4) is 5.88 Å². The van der Waals surface area contributed by atoms with Gasteiger partial charge in [0.2, 0.25) is 11.8 Å². The Kier molecular flexibility index (Phi) is 3.22. The van der Waals surface area contributed by atoms with Crippen molar-refractivity contribution in [3.05, 3.63) is 29.7 Å². The highest BCUT2D eigenvalue weighted by Gasteiger charge is 2.03. The summed E-state index contributed by atoms with van der Waals surface area (Å²) < 4.78 is 6.84. The molecular formula is C11H15N5O. The van der Waals surface area contributed by atoms with Crippen LogP contribution in [0.15, 0.2) is 18.3 Å². The molecule has 0 saturated carbocycles. The Balaban J connectivity index is 2.05. The Morgan fingerprint density at radius 1 is 1.41 bits per heavy atom. The Hall–Kier alpha value is -2.11. The number of aromatic nitrogens is 4. The van der Waals surface area contributed by atoms with Crippen molar-refractivity contribution in [1.29, 1.82) is 0 Å². The van der Waals surface area contributed by atoms with E-state index in [2.05, 4.69) is 20.4 Å². The lowest BCUT2D eigenvalue weighted by Crippen LogP contribution is -2.06. The molecule has 6 heteroatoms. The van der Waals surface area contributed by atoms with E-state index in [-0.39, 0.29) is 0 Å². The second-order valence-corrected chi connectivity index (χ2v) is 3.71. The van der Waals surface area contributed by atoms with Gasteiger partial charge in [-0.05, 0) is 13.0 Å². The van der Waals surface area contributed by atoms with E-state index in [0.29, 0.717) is 18.4 Å². The summed E-state index contributed by atoms with van der Waals surface area (Å²) >= 11 is 0. The van der Waals surface area contributed by atoms with Gasteiger partial charge in [-0.3, -0.25) is 4.68 Å². The van der Waals surface area contributed by atoms with Crippen LogP contribution in [0.5, 0.6) is 5.88 Å². The van der Waals surface area contributed by atoms with E-state index in [1.165, 1.54) is 0 Å². The molecule has 0 aliphatic heterocycles. The number of methoxy groups -OCH3 is 1. The maximum absolute atomic E-state index is 5.08. The second kappa shape index (κ2) is 4.82. The molecule has 0 radical (unpaired) electrons. The summed E-state index contributed by atoms with van der Waals surface area (Å²) in [5, 5.41) is 7.37. The van der Waals surface area contributed by atoms with Crippen LogP contribution < -0.4 is 10.1 Å². The number of rotatable bonds is 4.